The molecule has 1 aromatic rings. The maximum Gasteiger partial charge on any atom is 0.404 e. The number of anilines is 1. The molecule has 1 heterocycles. The molecule has 15 heavy (non-hydrogen) atoms. The van der Waals surface area contributed by atoms with Crippen LogP contribution in [0.3, 0.4) is 0 Å². The van der Waals surface area contributed by atoms with Crippen LogP contribution in [0.25, 0.3) is 0 Å². The minimum Gasteiger partial charge on any atom is -0.448 e. The number of amides is 1. The molecule has 0 atom stereocenters. The van der Waals surface area contributed by atoms with Gasteiger partial charge in [-0.3, -0.25) is 0 Å². The summed E-state index contributed by atoms with van der Waals surface area (Å²) in [6.45, 7) is 0.570. The number of carbonyl (C=O) groups is 1. The third kappa shape index (κ3) is 4.35. The Hall–Kier alpha value is -1.01. The highest BCUT2D eigenvalue weighted by Crippen LogP contribution is 2.22. The Balaban J connectivity index is 2.40. The van der Waals surface area contributed by atoms with Gasteiger partial charge >= 0.3 is 6.09 Å². The monoisotopic (exact) mass is 293 g/mol. The third-order valence-electron chi connectivity index (χ3n) is 1.45. The fourth-order valence-corrected chi connectivity index (χ4v) is 1.56. The van der Waals surface area contributed by atoms with Gasteiger partial charge in [-0.1, -0.05) is 11.6 Å². The molecule has 82 valence electrons. The van der Waals surface area contributed by atoms with Gasteiger partial charge in [0.2, 0.25) is 0 Å². The fraction of sp³-hybridized carbons (Fsp3) is 0.250. The lowest BCUT2D eigenvalue weighted by Crippen LogP contribution is -2.18. The highest BCUT2D eigenvalue weighted by atomic mass is 79.9. The van der Waals surface area contributed by atoms with Gasteiger partial charge in [-0.2, -0.15) is 0 Å². The number of carbonyl (C=O) groups excluding carboxylic acids is 1. The summed E-state index contributed by atoms with van der Waals surface area (Å²) in [7, 11) is 0. The lowest BCUT2D eigenvalue weighted by molar-refractivity contribution is 0.161. The number of primary amides is 1. The van der Waals surface area contributed by atoms with E-state index in [1.54, 1.807) is 12.3 Å². The van der Waals surface area contributed by atoms with Gasteiger partial charge in [-0.25, -0.2) is 9.78 Å². The summed E-state index contributed by atoms with van der Waals surface area (Å²) in [5.74, 6) is 0.535. The highest BCUT2D eigenvalue weighted by Gasteiger charge is 2.01. The number of hydrogen-bond acceptors (Lipinski definition) is 4. The van der Waals surface area contributed by atoms with E-state index in [0.717, 1.165) is 4.47 Å². The van der Waals surface area contributed by atoms with Crippen molar-refractivity contribution in [3.8, 4) is 0 Å². The molecule has 0 aromatic carbocycles. The number of rotatable bonds is 4. The number of nitrogens with two attached hydrogens (primary N) is 1. The molecule has 1 amide bonds. The van der Waals surface area contributed by atoms with Crippen molar-refractivity contribution in [2.75, 3.05) is 18.5 Å². The fourth-order valence-electron chi connectivity index (χ4n) is 0.866. The van der Waals surface area contributed by atoms with Crippen molar-refractivity contribution in [1.29, 1.82) is 0 Å². The average Bonchev–Trinajstić information content (AvgIpc) is 2.14. The zero-order valence-electron chi connectivity index (χ0n) is 7.67. The number of aromatic nitrogens is 1. The highest BCUT2D eigenvalue weighted by molar-refractivity contribution is 9.10. The first-order valence-corrected chi connectivity index (χ1v) is 5.24. The Morgan fingerprint density at radius 1 is 1.73 bits per heavy atom. The molecule has 7 heteroatoms. The summed E-state index contributed by atoms with van der Waals surface area (Å²) in [5.41, 5.74) is 4.78. The summed E-state index contributed by atoms with van der Waals surface area (Å²) in [6, 6.07) is 1.71. The standard InChI is InChI=1S/C8H9BrClN3O2/c9-5-3-6(10)7(13-4-5)12-1-2-15-8(11)14/h3-4H,1-2H2,(H2,11,14)(H,12,13). The molecule has 0 fully saturated rings. The number of halogens is 2. The van der Waals surface area contributed by atoms with Crippen LogP contribution in [0.15, 0.2) is 16.7 Å². The summed E-state index contributed by atoms with van der Waals surface area (Å²) in [4.78, 5) is 14.3. The number of pyridine rings is 1. The Morgan fingerprint density at radius 2 is 2.47 bits per heavy atom. The molecular weight excluding hydrogens is 285 g/mol. The molecule has 0 unspecified atom stereocenters. The van der Waals surface area contributed by atoms with Crippen LogP contribution in [-0.2, 0) is 4.74 Å². The number of hydrogen-bond donors (Lipinski definition) is 2. The Kier molecular flexibility index (Phi) is 4.64. The Labute approximate surface area is 100 Å². The van der Waals surface area contributed by atoms with E-state index in [4.69, 9.17) is 17.3 Å². The predicted molar refractivity (Wildman–Crippen MR) is 61.0 cm³/mol. The van der Waals surface area contributed by atoms with Crippen molar-refractivity contribution in [3.05, 3.63) is 21.8 Å². The normalized spacial score (nSPS) is 9.73. The van der Waals surface area contributed by atoms with Gasteiger partial charge < -0.3 is 15.8 Å². The molecule has 0 bridgehead atoms. The first-order valence-electron chi connectivity index (χ1n) is 4.06. The van der Waals surface area contributed by atoms with E-state index >= 15 is 0 Å². The van der Waals surface area contributed by atoms with Crippen LogP contribution in [0.5, 0.6) is 0 Å². The second-order valence-electron chi connectivity index (χ2n) is 2.58. The van der Waals surface area contributed by atoms with E-state index < -0.39 is 6.09 Å². The maximum atomic E-state index is 10.2. The molecule has 5 nitrogen and oxygen atoms in total. The molecule has 0 aliphatic carbocycles. The van der Waals surface area contributed by atoms with Crippen LogP contribution in [-0.4, -0.2) is 24.2 Å². The molecule has 1 rings (SSSR count). The van der Waals surface area contributed by atoms with Gasteiger partial charge in [0.1, 0.15) is 12.4 Å². The van der Waals surface area contributed by atoms with Crippen molar-refractivity contribution in [2.24, 2.45) is 5.73 Å². The second-order valence-corrected chi connectivity index (χ2v) is 3.90. The summed E-state index contributed by atoms with van der Waals surface area (Å²) in [5, 5.41) is 3.39. The zero-order valence-corrected chi connectivity index (χ0v) is 10.0. The van der Waals surface area contributed by atoms with Gasteiger partial charge in [0, 0.05) is 10.7 Å². The van der Waals surface area contributed by atoms with Gasteiger partial charge in [0.05, 0.1) is 11.6 Å². The minimum atomic E-state index is -0.799. The predicted octanol–water partition coefficient (Wildman–Crippen LogP) is 2.00. The van der Waals surface area contributed by atoms with Crippen molar-refractivity contribution < 1.29 is 9.53 Å². The van der Waals surface area contributed by atoms with Gasteiger partial charge in [-0.05, 0) is 22.0 Å². The minimum absolute atomic E-state index is 0.170. The molecule has 0 aliphatic rings. The molecule has 0 spiro atoms. The van der Waals surface area contributed by atoms with E-state index in [9.17, 15) is 4.79 Å². The quantitative estimate of drug-likeness (QED) is 0.833. The Bertz CT molecular complexity index is 362. The molecule has 0 saturated carbocycles. The maximum absolute atomic E-state index is 10.2. The Morgan fingerprint density at radius 3 is 3.07 bits per heavy atom. The van der Waals surface area contributed by atoms with E-state index in [-0.39, 0.29) is 6.61 Å². The van der Waals surface area contributed by atoms with Gasteiger partial charge in [-0.15, -0.1) is 0 Å². The summed E-state index contributed by atoms with van der Waals surface area (Å²) >= 11 is 9.12. The molecule has 0 aliphatic heterocycles. The number of ether oxygens (including phenoxy) is 1. The van der Waals surface area contributed by atoms with E-state index in [2.05, 4.69) is 31.0 Å². The van der Waals surface area contributed by atoms with Crippen LogP contribution in [0.4, 0.5) is 10.6 Å². The van der Waals surface area contributed by atoms with E-state index in [1.165, 1.54) is 0 Å². The SMILES string of the molecule is NC(=O)OCCNc1ncc(Br)cc1Cl. The van der Waals surface area contributed by atoms with Crippen LogP contribution in [0.2, 0.25) is 5.02 Å². The third-order valence-corrected chi connectivity index (χ3v) is 2.17. The molecule has 3 N–H and O–H groups in total. The van der Waals surface area contributed by atoms with Crippen LogP contribution < -0.4 is 11.1 Å². The molecule has 0 radical (unpaired) electrons. The number of nitrogens with zero attached hydrogens (tertiary/aromatic N) is 1. The largest absolute Gasteiger partial charge is 0.448 e. The lowest BCUT2D eigenvalue weighted by atomic mass is 10.4. The average molecular weight is 295 g/mol. The first-order chi connectivity index (χ1) is 7.09. The van der Waals surface area contributed by atoms with Crippen LogP contribution >= 0.6 is 27.5 Å². The second kappa shape index (κ2) is 5.77. The van der Waals surface area contributed by atoms with E-state index in [0.29, 0.717) is 17.4 Å². The topological polar surface area (TPSA) is 77.2 Å². The smallest absolute Gasteiger partial charge is 0.404 e. The molecular formula is C8H9BrClN3O2. The van der Waals surface area contributed by atoms with Gasteiger partial charge in [0.25, 0.3) is 0 Å². The van der Waals surface area contributed by atoms with Crippen molar-refractivity contribution in [3.63, 3.8) is 0 Å². The van der Waals surface area contributed by atoms with E-state index in [1.807, 2.05) is 0 Å². The van der Waals surface area contributed by atoms with Crippen LogP contribution in [0, 0.1) is 0 Å². The number of nitrogens with one attached hydrogen (secondary N) is 1. The summed E-state index contributed by atoms with van der Waals surface area (Å²) in [6.07, 6.45) is 0.815. The zero-order chi connectivity index (χ0) is 11.3. The van der Waals surface area contributed by atoms with Crippen molar-refractivity contribution >= 4 is 39.4 Å². The van der Waals surface area contributed by atoms with Crippen LogP contribution in [0.1, 0.15) is 0 Å². The van der Waals surface area contributed by atoms with Crippen molar-refractivity contribution in [2.45, 2.75) is 0 Å². The molecule has 0 saturated heterocycles. The lowest BCUT2D eigenvalue weighted by Gasteiger charge is -2.07. The molecule has 1 aromatic heterocycles. The van der Waals surface area contributed by atoms with Crippen molar-refractivity contribution in [1.82, 2.24) is 4.98 Å². The summed E-state index contributed by atoms with van der Waals surface area (Å²) < 4.78 is 5.32. The first kappa shape index (κ1) is 12.1. The van der Waals surface area contributed by atoms with Gasteiger partial charge in [0.15, 0.2) is 0 Å².